The van der Waals surface area contributed by atoms with Crippen LogP contribution in [0, 0.1) is 0 Å². The quantitative estimate of drug-likeness (QED) is 0.401. The van der Waals surface area contributed by atoms with Crippen molar-refractivity contribution in [1.82, 2.24) is 0 Å². The van der Waals surface area contributed by atoms with E-state index < -0.39 is 0 Å². The molecule has 0 aromatic rings. The van der Waals surface area contributed by atoms with Gasteiger partial charge in [0.05, 0.1) is 0 Å². The molecule has 0 spiro atoms. The van der Waals surface area contributed by atoms with Crippen LogP contribution in [0.3, 0.4) is 0 Å². The Labute approximate surface area is 111 Å². The predicted octanol–water partition coefficient (Wildman–Crippen LogP) is 2.50. The molecule has 102 valence electrons. The monoisotopic (exact) mass is 262 g/mol. The lowest BCUT2D eigenvalue weighted by atomic mass is 10.2. The van der Waals surface area contributed by atoms with E-state index in [2.05, 4.69) is 23.8 Å². The Morgan fingerprint density at radius 1 is 0.765 bits per heavy atom. The molecule has 0 saturated heterocycles. The first-order valence-electron chi connectivity index (χ1n) is 6.32. The molecule has 0 aliphatic carbocycles. The number of rotatable bonds is 8. The molecular weight excluding hydrogens is 236 g/mol. The van der Waals surface area contributed by atoms with Gasteiger partial charge in [0.2, 0.25) is 0 Å². The highest BCUT2D eigenvalue weighted by Gasteiger charge is 1.97. The van der Waals surface area contributed by atoms with Gasteiger partial charge in [-0.25, -0.2) is 0 Å². The molecule has 4 nitrogen and oxygen atoms in total. The summed E-state index contributed by atoms with van der Waals surface area (Å²) in [7, 11) is 0. The first-order valence-corrected chi connectivity index (χ1v) is 6.32. The summed E-state index contributed by atoms with van der Waals surface area (Å²) in [4.78, 5) is 8.40. The molecule has 0 fully saturated rings. The van der Waals surface area contributed by atoms with E-state index in [1.54, 1.807) is 0 Å². The van der Waals surface area contributed by atoms with E-state index >= 15 is 0 Å². The second kappa shape index (κ2) is 13.3. The zero-order valence-electron chi connectivity index (χ0n) is 11.1. The third-order valence-corrected chi connectivity index (χ3v) is 2.35. The van der Waals surface area contributed by atoms with Crippen molar-refractivity contribution in [2.75, 3.05) is 13.1 Å². The lowest BCUT2D eigenvalue weighted by Gasteiger charge is -2.01. The largest absolute Gasteiger partial charge is 0.381 e. The van der Waals surface area contributed by atoms with Gasteiger partial charge in [-0.3, -0.25) is 9.98 Å². The average Bonchev–Trinajstić information content (AvgIpc) is 2.29. The van der Waals surface area contributed by atoms with Gasteiger partial charge in [-0.15, -0.1) is 12.4 Å². The summed E-state index contributed by atoms with van der Waals surface area (Å²) in [6.07, 6.45) is 6.89. The van der Waals surface area contributed by atoms with Gasteiger partial charge in [-0.2, -0.15) is 0 Å². The van der Waals surface area contributed by atoms with Crippen LogP contribution >= 0.6 is 12.4 Å². The minimum Gasteiger partial charge on any atom is -0.381 e. The number of amidine groups is 2. The third-order valence-electron chi connectivity index (χ3n) is 2.35. The average molecular weight is 263 g/mol. The standard InChI is InChI=1S/C12H26N4.ClH/c1-3-5-7-9-15-11(13)12(14)16-10-8-6-4-2;/h3-10H2,1-2H3,(H2,13,15)(H2,14,16);1H. The second-order valence-corrected chi connectivity index (χ2v) is 3.95. The van der Waals surface area contributed by atoms with Crippen molar-refractivity contribution < 1.29 is 0 Å². The van der Waals surface area contributed by atoms with Crippen LogP contribution in [0.15, 0.2) is 9.98 Å². The van der Waals surface area contributed by atoms with Gasteiger partial charge in [0.1, 0.15) is 0 Å². The zero-order chi connectivity index (χ0) is 12.2. The van der Waals surface area contributed by atoms with Gasteiger partial charge in [0.15, 0.2) is 11.7 Å². The van der Waals surface area contributed by atoms with E-state index in [0.717, 1.165) is 25.9 Å². The van der Waals surface area contributed by atoms with Crippen molar-refractivity contribution in [2.24, 2.45) is 21.5 Å². The molecule has 0 radical (unpaired) electrons. The third kappa shape index (κ3) is 11.5. The lowest BCUT2D eigenvalue weighted by Crippen LogP contribution is -2.32. The Morgan fingerprint density at radius 3 is 1.41 bits per heavy atom. The molecule has 0 unspecified atom stereocenters. The molecule has 17 heavy (non-hydrogen) atoms. The van der Waals surface area contributed by atoms with Crippen LogP contribution in [0.2, 0.25) is 0 Å². The highest BCUT2D eigenvalue weighted by atomic mass is 35.5. The molecule has 0 aliphatic heterocycles. The number of nitrogens with two attached hydrogens (primary N) is 2. The molecule has 4 N–H and O–H groups in total. The van der Waals surface area contributed by atoms with Gasteiger partial charge in [-0.05, 0) is 12.8 Å². The topological polar surface area (TPSA) is 76.8 Å². The van der Waals surface area contributed by atoms with Crippen molar-refractivity contribution in [2.45, 2.75) is 52.4 Å². The number of halogens is 1. The van der Waals surface area contributed by atoms with Gasteiger partial charge in [-0.1, -0.05) is 39.5 Å². The van der Waals surface area contributed by atoms with Crippen LogP contribution in [0.5, 0.6) is 0 Å². The van der Waals surface area contributed by atoms with E-state index in [0.29, 0.717) is 11.7 Å². The lowest BCUT2D eigenvalue weighted by molar-refractivity contribution is 0.726. The maximum Gasteiger partial charge on any atom is 0.161 e. The SMILES string of the molecule is CCCCCN=C(N)C(N)=NCCCCC.Cl. The smallest absolute Gasteiger partial charge is 0.161 e. The molecule has 0 atom stereocenters. The Bertz CT molecular complexity index is 203. The Kier molecular flexibility index (Phi) is 14.5. The van der Waals surface area contributed by atoms with E-state index in [4.69, 9.17) is 11.5 Å². The number of hydrogen-bond acceptors (Lipinski definition) is 2. The maximum atomic E-state index is 5.71. The molecule has 0 amide bonds. The van der Waals surface area contributed by atoms with E-state index in [1.807, 2.05) is 0 Å². The molecule has 5 heteroatoms. The number of unbranched alkanes of at least 4 members (excludes halogenated alkanes) is 4. The first kappa shape index (κ1) is 18.6. The van der Waals surface area contributed by atoms with Gasteiger partial charge in [0.25, 0.3) is 0 Å². The molecule has 0 saturated carbocycles. The number of aliphatic imine (C=N–C) groups is 2. The summed E-state index contributed by atoms with van der Waals surface area (Å²) in [6.45, 7) is 5.84. The van der Waals surface area contributed by atoms with Crippen molar-refractivity contribution >= 4 is 24.1 Å². The van der Waals surface area contributed by atoms with Crippen LogP contribution in [0.1, 0.15) is 52.4 Å². The molecule has 0 heterocycles. The van der Waals surface area contributed by atoms with Crippen molar-refractivity contribution in [3.05, 3.63) is 0 Å². The van der Waals surface area contributed by atoms with Crippen molar-refractivity contribution in [3.8, 4) is 0 Å². The summed E-state index contributed by atoms with van der Waals surface area (Å²) in [5.74, 6) is 0.792. The maximum absolute atomic E-state index is 5.71. The number of hydrogen-bond donors (Lipinski definition) is 2. The predicted molar refractivity (Wildman–Crippen MR) is 79.3 cm³/mol. The van der Waals surface area contributed by atoms with Crippen LogP contribution in [-0.2, 0) is 0 Å². The molecule has 0 bridgehead atoms. The Morgan fingerprint density at radius 2 is 1.12 bits per heavy atom. The second-order valence-electron chi connectivity index (χ2n) is 3.95. The van der Waals surface area contributed by atoms with Crippen LogP contribution in [0.4, 0.5) is 0 Å². The Balaban J connectivity index is 0. The van der Waals surface area contributed by atoms with Crippen LogP contribution in [-0.4, -0.2) is 24.8 Å². The highest BCUT2D eigenvalue weighted by Crippen LogP contribution is 1.95. The summed E-state index contributed by atoms with van der Waals surface area (Å²) in [5, 5.41) is 0. The van der Waals surface area contributed by atoms with Crippen molar-refractivity contribution in [1.29, 1.82) is 0 Å². The molecular formula is C12H27ClN4. The number of nitrogens with zero attached hydrogens (tertiary/aromatic N) is 2. The zero-order valence-corrected chi connectivity index (χ0v) is 11.9. The fourth-order valence-corrected chi connectivity index (χ4v) is 1.28. The molecule has 0 rings (SSSR count). The van der Waals surface area contributed by atoms with Crippen molar-refractivity contribution in [3.63, 3.8) is 0 Å². The molecule has 0 aromatic heterocycles. The first-order chi connectivity index (χ1) is 7.72. The van der Waals surface area contributed by atoms with E-state index in [9.17, 15) is 0 Å². The summed E-state index contributed by atoms with van der Waals surface area (Å²) in [6, 6.07) is 0. The van der Waals surface area contributed by atoms with Gasteiger partial charge >= 0.3 is 0 Å². The summed E-state index contributed by atoms with van der Waals surface area (Å²) < 4.78 is 0. The minimum atomic E-state index is 0. The van der Waals surface area contributed by atoms with E-state index in [-0.39, 0.29) is 12.4 Å². The highest BCUT2D eigenvalue weighted by molar-refractivity contribution is 6.39. The van der Waals surface area contributed by atoms with Gasteiger partial charge in [0, 0.05) is 13.1 Å². The molecule has 0 aromatic carbocycles. The van der Waals surface area contributed by atoms with Crippen LogP contribution in [0.25, 0.3) is 0 Å². The van der Waals surface area contributed by atoms with Gasteiger partial charge < -0.3 is 11.5 Å². The van der Waals surface area contributed by atoms with Crippen LogP contribution < -0.4 is 11.5 Å². The minimum absolute atomic E-state index is 0. The summed E-state index contributed by atoms with van der Waals surface area (Å²) >= 11 is 0. The fourth-order valence-electron chi connectivity index (χ4n) is 1.28. The molecule has 0 aliphatic rings. The normalized spacial score (nSPS) is 12.4. The van der Waals surface area contributed by atoms with E-state index in [1.165, 1.54) is 25.7 Å². The summed E-state index contributed by atoms with van der Waals surface area (Å²) in [5.41, 5.74) is 11.4. The Hall–Kier alpha value is -0.770. The fraction of sp³-hybridized carbons (Fsp3) is 0.833.